The average Bonchev–Trinajstić information content (AvgIpc) is 2.86. The molecule has 0 bridgehead atoms. The average molecular weight is 306 g/mol. The van der Waals surface area contributed by atoms with Crippen molar-refractivity contribution in [1.29, 1.82) is 0 Å². The number of azide groups is 1. The van der Waals surface area contributed by atoms with Gasteiger partial charge in [-0.25, -0.2) is 4.39 Å². The third kappa shape index (κ3) is 2.72. The van der Waals surface area contributed by atoms with Crippen LogP contribution in [0.3, 0.4) is 0 Å². The van der Waals surface area contributed by atoms with Crippen molar-refractivity contribution in [3.05, 3.63) is 57.7 Å². The lowest BCUT2D eigenvalue weighted by Crippen LogP contribution is -2.21. The van der Waals surface area contributed by atoms with Crippen LogP contribution in [0.15, 0.2) is 41.5 Å². The molecule has 3 rings (SSSR count). The van der Waals surface area contributed by atoms with Crippen molar-refractivity contribution in [3.8, 4) is 22.6 Å². The lowest BCUT2D eigenvalue weighted by Gasteiger charge is -2.08. The zero-order chi connectivity index (χ0) is 14.8. The smallest absolute Gasteiger partial charge is 0.247 e. The van der Waals surface area contributed by atoms with Crippen LogP contribution < -0.4 is 9.47 Å². The maximum atomic E-state index is 13.7. The fraction of sp³-hybridized carbons (Fsp3) is 0.143. The second-order valence-corrected chi connectivity index (χ2v) is 4.81. The summed E-state index contributed by atoms with van der Waals surface area (Å²) >= 11 is 5.96. The molecule has 2 aromatic carbocycles. The zero-order valence-electron chi connectivity index (χ0n) is 10.7. The van der Waals surface area contributed by atoms with Gasteiger partial charge in [0.2, 0.25) is 6.29 Å². The normalized spacial score (nSPS) is 15.6. The Morgan fingerprint density at radius 1 is 1.29 bits per heavy atom. The molecule has 0 saturated heterocycles. The third-order valence-corrected chi connectivity index (χ3v) is 3.19. The van der Waals surface area contributed by atoms with Gasteiger partial charge in [0.25, 0.3) is 0 Å². The molecule has 1 aliphatic heterocycles. The monoisotopic (exact) mass is 305 g/mol. The Bertz CT molecular complexity index is 747. The lowest BCUT2D eigenvalue weighted by molar-refractivity contribution is 0.0583. The summed E-state index contributed by atoms with van der Waals surface area (Å²) in [4.78, 5) is 2.65. The van der Waals surface area contributed by atoms with Crippen molar-refractivity contribution in [2.24, 2.45) is 5.11 Å². The Hall–Kier alpha value is -2.43. The minimum absolute atomic E-state index is 0.00177. The summed E-state index contributed by atoms with van der Waals surface area (Å²) in [5, 5.41) is 3.93. The van der Waals surface area contributed by atoms with E-state index in [-0.39, 0.29) is 12.3 Å². The summed E-state index contributed by atoms with van der Waals surface area (Å²) in [6.45, 7) is 0.00177. The maximum Gasteiger partial charge on any atom is 0.247 e. The van der Waals surface area contributed by atoms with Gasteiger partial charge in [0, 0.05) is 21.6 Å². The number of halogens is 2. The van der Waals surface area contributed by atoms with Gasteiger partial charge in [-0.3, -0.25) is 0 Å². The summed E-state index contributed by atoms with van der Waals surface area (Å²) in [6, 6.07) is 9.59. The SMILES string of the molecule is [N-]=[N+]=NCC1Oc2cc(F)cc(-c3cccc(Cl)c3)c2O1. The quantitative estimate of drug-likeness (QED) is 0.474. The summed E-state index contributed by atoms with van der Waals surface area (Å²) in [5.74, 6) is 0.247. The largest absolute Gasteiger partial charge is 0.451 e. The van der Waals surface area contributed by atoms with Crippen LogP contribution in [0.4, 0.5) is 4.39 Å². The summed E-state index contributed by atoms with van der Waals surface area (Å²) in [5.41, 5.74) is 9.58. The molecular formula is C14H9ClFN3O2. The number of fused-ring (bicyclic) bond motifs is 1. The Balaban J connectivity index is 2.03. The first-order valence-electron chi connectivity index (χ1n) is 6.11. The molecule has 0 fully saturated rings. The molecule has 7 heteroatoms. The van der Waals surface area contributed by atoms with Crippen LogP contribution in [0, 0.1) is 5.82 Å². The zero-order valence-corrected chi connectivity index (χ0v) is 11.4. The number of ether oxygens (including phenoxy) is 2. The molecule has 0 N–H and O–H groups in total. The molecule has 5 nitrogen and oxygen atoms in total. The van der Waals surface area contributed by atoms with Crippen LogP contribution in [-0.2, 0) is 0 Å². The molecule has 21 heavy (non-hydrogen) atoms. The first-order valence-corrected chi connectivity index (χ1v) is 6.49. The van der Waals surface area contributed by atoms with E-state index in [0.29, 0.717) is 21.9 Å². The van der Waals surface area contributed by atoms with E-state index in [1.165, 1.54) is 12.1 Å². The van der Waals surface area contributed by atoms with Gasteiger partial charge >= 0.3 is 0 Å². The third-order valence-electron chi connectivity index (χ3n) is 2.96. The van der Waals surface area contributed by atoms with Crippen LogP contribution in [0.2, 0.25) is 5.02 Å². The highest BCUT2D eigenvalue weighted by Crippen LogP contribution is 2.44. The number of rotatable bonds is 3. The summed E-state index contributed by atoms with van der Waals surface area (Å²) in [6.07, 6.45) is -0.754. The van der Waals surface area contributed by atoms with Crippen LogP contribution in [0.5, 0.6) is 11.5 Å². The van der Waals surface area contributed by atoms with Gasteiger partial charge in [-0.1, -0.05) is 28.8 Å². The fourth-order valence-corrected chi connectivity index (χ4v) is 2.31. The lowest BCUT2D eigenvalue weighted by atomic mass is 10.0. The number of hydrogen-bond acceptors (Lipinski definition) is 3. The minimum Gasteiger partial charge on any atom is -0.451 e. The van der Waals surface area contributed by atoms with E-state index in [1.807, 2.05) is 0 Å². The first kappa shape index (κ1) is 13.5. The highest BCUT2D eigenvalue weighted by Gasteiger charge is 2.28. The highest BCUT2D eigenvalue weighted by atomic mass is 35.5. The molecule has 0 spiro atoms. The van der Waals surface area contributed by atoms with Crippen molar-refractivity contribution >= 4 is 11.6 Å². The van der Waals surface area contributed by atoms with Crippen molar-refractivity contribution < 1.29 is 13.9 Å². The predicted molar refractivity (Wildman–Crippen MR) is 75.9 cm³/mol. The van der Waals surface area contributed by atoms with E-state index >= 15 is 0 Å². The molecule has 0 amide bonds. The summed E-state index contributed by atoms with van der Waals surface area (Å²) < 4.78 is 24.8. The standard InChI is InChI=1S/C14H9ClFN3O2/c15-9-3-1-2-8(4-9)11-5-10(16)6-12-14(11)21-13(20-12)7-18-19-17/h1-6,13H,7H2. The molecule has 0 radical (unpaired) electrons. The molecular weight excluding hydrogens is 297 g/mol. The number of hydrogen-bond donors (Lipinski definition) is 0. The minimum atomic E-state index is -0.754. The van der Waals surface area contributed by atoms with Crippen molar-refractivity contribution in [3.63, 3.8) is 0 Å². The molecule has 0 saturated carbocycles. The fourth-order valence-electron chi connectivity index (χ4n) is 2.12. The first-order chi connectivity index (χ1) is 10.2. The van der Waals surface area contributed by atoms with Gasteiger partial charge in [-0.05, 0) is 29.3 Å². The van der Waals surface area contributed by atoms with Gasteiger partial charge in [0.05, 0.1) is 0 Å². The van der Waals surface area contributed by atoms with Gasteiger partial charge in [-0.15, -0.1) is 0 Å². The van der Waals surface area contributed by atoms with Gasteiger partial charge in [0.15, 0.2) is 11.5 Å². The second kappa shape index (κ2) is 5.52. The highest BCUT2D eigenvalue weighted by molar-refractivity contribution is 6.30. The van der Waals surface area contributed by atoms with Crippen LogP contribution in [0.25, 0.3) is 21.6 Å². The number of benzene rings is 2. The van der Waals surface area contributed by atoms with E-state index in [0.717, 1.165) is 0 Å². The molecule has 0 aliphatic carbocycles. The van der Waals surface area contributed by atoms with Crippen LogP contribution in [-0.4, -0.2) is 12.8 Å². The molecule has 0 aromatic heterocycles. The molecule has 1 heterocycles. The maximum absolute atomic E-state index is 13.7. The van der Waals surface area contributed by atoms with Gasteiger partial charge < -0.3 is 9.47 Å². The topological polar surface area (TPSA) is 67.2 Å². The Morgan fingerprint density at radius 2 is 2.14 bits per heavy atom. The Morgan fingerprint density at radius 3 is 2.90 bits per heavy atom. The van der Waals surface area contributed by atoms with Gasteiger partial charge in [0.1, 0.15) is 12.4 Å². The Kier molecular flexibility index (Phi) is 3.56. The predicted octanol–water partition coefficient (Wildman–Crippen LogP) is 4.55. The van der Waals surface area contributed by atoms with E-state index in [2.05, 4.69) is 10.0 Å². The molecule has 2 aromatic rings. The van der Waals surface area contributed by atoms with Crippen molar-refractivity contribution in [2.75, 3.05) is 6.54 Å². The van der Waals surface area contributed by atoms with Gasteiger partial charge in [-0.2, -0.15) is 0 Å². The number of nitrogens with zero attached hydrogens (tertiary/aromatic N) is 3. The van der Waals surface area contributed by atoms with E-state index in [4.69, 9.17) is 26.6 Å². The van der Waals surface area contributed by atoms with Crippen molar-refractivity contribution in [2.45, 2.75) is 6.29 Å². The van der Waals surface area contributed by atoms with Crippen molar-refractivity contribution in [1.82, 2.24) is 0 Å². The van der Waals surface area contributed by atoms with Crippen LogP contribution in [0.1, 0.15) is 0 Å². The summed E-state index contributed by atoms with van der Waals surface area (Å²) in [7, 11) is 0. The molecule has 1 aliphatic rings. The molecule has 1 atom stereocenters. The Labute approximate surface area is 124 Å². The molecule has 1 unspecified atom stereocenters. The second-order valence-electron chi connectivity index (χ2n) is 4.37. The van der Waals surface area contributed by atoms with E-state index < -0.39 is 12.1 Å². The van der Waals surface area contributed by atoms with Crippen LogP contribution >= 0.6 is 11.6 Å². The molecule has 106 valence electrons. The van der Waals surface area contributed by atoms with E-state index in [1.54, 1.807) is 24.3 Å². The van der Waals surface area contributed by atoms with E-state index in [9.17, 15) is 4.39 Å².